The van der Waals surface area contributed by atoms with Crippen LogP contribution in [0.2, 0.25) is 5.02 Å². The van der Waals surface area contributed by atoms with Crippen molar-refractivity contribution in [2.45, 2.75) is 5.38 Å². The lowest BCUT2D eigenvalue weighted by Crippen LogP contribution is -1.94. The van der Waals surface area contributed by atoms with Crippen LogP contribution in [0.4, 0.5) is 4.39 Å². The molecule has 0 saturated carbocycles. The molecule has 1 unspecified atom stereocenters. The zero-order valence-electron chi connectivity index (χ0n) is 8.63. The maximum atomic E-state index is 13.4. The van der Waals surface area contributed by atoms with Crippen LogP contribution < -0.4 is 0 Å². The van der Waals surface area contributed by atoms with Crippen LogP contribution in [-0.4, -0.2) is 0 Å². The molecule has 0 aliphatic rings. The van der Waals surface area contributed by atoms with Crippen molar-refractivity contribution in [3.8, 4) is 0 Å². The van der Waals surface area contributed by atoms with Crippen LogP contribution in [0.1, 0.15) is 16.5 Å². The Hall–Kier alpha value is -0.570. The second kappa shape index (κ2) is 5.38. The van der Waals surface area contributed by atoms with E-state index in [1.165, 1.54) is 6.07 Å². The van der Waals surface area contributed by atoms with E-state index in [2.05, 4.69) is 15.9 Å². The van der Waals surface area contributed by atoms with E-state index in [9.17, 15) is 4.39 Å². The highest BCUT2D eigenvalue weighted by Crippen LogP contribution is 2.31. The number of hydrogen-bond acceptors (Lipinski definition) is 0. The van der Waals surface area contributed by atoms with E-state index >= 15 is 0 Å². The molecule has 0 nitrogen and oxygen atoms in total. The van der Waals surface area contributed by atoms with E-state index in [-0.39, 0.29) is 11.2 Å². The third kappa shape index (κ3) is 3.01. The van der Waals surface area contributed by atoms with Gasteiger partial charge in [0, 0.05) is 5.02 Å². The maximum absolute atomic E-state index is 13.4. The van der Waals surface area contributed by atoms with Gasteiger partial charge >= 0.3 is 0 Å². The van der Waals surface area contributed by atoms with Crippen molar-refractivity contribution in [3.63, 3.8) is 0 Å². The fraction of sp³-hybridized carbons (Fsp3) is 0.0769. The summed E-state index contributed by atoms with van der Waals surface area (Å²) in [5.74, 6) is -0.317. The van der Waals surface area contributed by atoms with Crippen molar-refractivity contribution in [2.24, 2.45) is 0 Å². The fourth-order valence-corrected chi connectivity index (χ4v) is 2.15. The normalized spacial score (nSPS) is 12.5. The summed E-state index contributed by atoms with van der Waals surface area (Å²) < 4.78 is 13.8. The monoisotopic (exact) mass is 332 g/mol. The first-order valence-electron chi connectivity index (χ1n) is 4.92. The Morgan fingerprint density at radius 3 is 2.18 bits per heavy atom. The number of halogens is 4. The molecule has 0 bridgehead atoms. The number of hydrogen-bond donors (Lipinski definition) is 0. The molecule has 0 fully saturated rings. The molecule has 0 spiro atoms. The highest BCUT2D eigenvalue weighted by atomic mass is 79.9. The van der Waals surface area contributed by atoms with Gasteiger partial charge in [-0.2, -0.15) is 0 Å². The van der Waals surface area contributed by atoms with Gasteiger partial charge in [0.05, 0.1) is 9.85 Å². The smallest absolute Gasteiger partial charge is 0.137 e. The summed E-state index contributed by atoms with van der Waals surface area (Å²) in [6.45, 7) is 0. The van der Waals surface area contributed by atoms with Crippen LogP contribution in [-0.2, 0) is 0 Å². The first-order chi connectivity index (χ1) is 8.08. The van der Waals surface area contributed by atoms with Crippen LogP contribution in [0.5, 0.6) is 0 Å². The molecule has 2 aromatic carbocycles. The minimum Gasteiger partial charge on any atom is -0.206 e. The predicted octanol–water partition coefficient (Wildman–Crippen LogP) is 5.57. The van der Waals surface area contributed by atoms with Crippen molar-refractivity contribution in [1.29, 1.82) is 0 Å². The zero-order chi connectivity index (χ0) is 12.4. The van der Waals surface area contributed by atoms with Gasteiger partial charge in [0.25, 0.3) is 0 Å². The van der Waals surface area contributed by atoms with Crippen LogP contribution in [0.3, 0.4) is 0 Å². The molecular formula is C13H8BrCl2F. The quantitative estimate of drug-likeness (QED) is 0.630. The molecule has 0 aliphatic carbocycles. The summed E-state index contributed by atoms with van der Waals surface area (Å²) in [5.41, 5.74) is 1.60. The van der Waals surface area contributed by atoms with Crippen LogP contribution in [0.25, 0.3) is 0 Å². The molecule has 4 heteroatoms. The van der Waals surface area contributed by atoms with Gasteiger partial charge in [-0.3, -0.25) is 0 Å². The van der Waals surface area contributed by atoms with Gasteiger partial charge < -0.3 is 0 Å². The van der Waals surface area contributed by atoms with Crippen LogP contribution in [0, 0.1) is 5.82 Å². The molecule has 88 valence electrons. The molecule has 2 aromatic rings. The minimum atomic E-state index is -0.380. The molecule has 0 heterocycles. The van der Waals surface area contributed by atoms with Crippen molar-refractivity contribution in [2.75, 3.05) is 0 Å². The second-order valence-corrected chi connectivity index (χ2v) is 5.31. The van der Waals surface area contributed by atoms with Crippen LogP contribution in [0.15, 0.2) is 46.9 Å². The predicted molar refractivity (Wildman–Crippen MR) is 73.2 cm³/mol. The number of benzene rings is 2. The van der Waals surface area contributed by atoms with E-state index in [0.717, 1.165) is 11.1 Å². The van der Waals surface area contributed by atoms with Gasteiger partial charge in [0.2, 0.25) is 0 Å². The summed E-state index contributed by atoms with van der Waals surface area (Å²) in [4.78, 5) is 0. The lowest BCUT2D eigenvalue weighted by Gasteiger charge is -2.11. The van der Waals surface area contributed by atoms with Crippen molar-refractivity contribution < 1.29 is 4.39 Å². The molecule has 0 aromatic heterocycles. The Morgan fingerprint density at radius 1 is 1.00 bits per heavy atom. The average Bonchev–Trinajstić information content (AvgIpc) is 2.33. The van der Waals surface area contributed by atoms with E-state index < -0.39 is 0 Å². The molecule has 0 saturated heterocycles. The Morgan fingerprint density at radius 2 is 1.59 bits per heavy atom. The average molecular weight is 334 g/mol. The molecule has 1 atom stereocenters. The molecule has 17 heavy (non-hydrogen) atoms. The van der Waals surface area contributed by atoms with E-state index in [1.807, 2.05) is 12.1 Å². The van der Waals surface area contributed by atoms with E-state index in [1.54, 1.807) is 24.3 Å². The van der Waals surface area contributed by atoms with E-state index in [0.29, 0.717) is 9.50 Å². The maximum Gasteiger partial charge on any atom is 0.137 e. The zero-order valence-corrected chi connectivity index (χ0v) is 11.7. The van der Waals surface area contributed by atoms with Crippen molar-refractivity contribution in [3.05, 3.63) is 68.9 Å². The topological polar surface area (TPSA) is 0 Å². The third-order valence-electron chi connectivity index (χ3n) is 2.40. The summed E-state index contributed by atoms with van der Waals surface area (Å²) in [6, 6.07) is 12.1. The highest BCUT2D eigenvalue weighted by Gasteiger charge is 2.12. The summed E-state index contributed by atoms with van der Waals surface area (Å²) in [6.07, 6.45) is 0. The fourth-order valence-electron chi connectivity index (χ4n) is 1.49. The molecule has 0 aliphatic heterocycles. The Kier molecular flexibility index (Phi) is 4.08. The Labute approximate surface area is 117 Å². The van der Waals surface area contributed by atoms with Crippen molar-refractivity contribution in [1.82, 2.24) is 0 Å². The molecule has 0 N–H and O–H groups in total. The van der Waals surface area contributed by atoms with Gasteiger partial charge in [0.1, 0.15) is 5.82 Å². The van der Waals surface area contributed by atoms with Crippen molar-refractivity contribution >= 4 is 39.1 Å². The number of rotatable bonds is 2. The summed E-state index contributed by atoms with van der Waals surface area (Å²) >= 11 is 15.2. The van der Waals surface area contributed by atoms with Gasteiger partial charge in [-0.05, 0) is 51.3 Å². The number of alkyl halides is 1. The van der Waals surface area contributed by atoms with Gasteiger partial charge in [-0.25, -0.2) is 4.39 Å². The Balaban J connectivity index is 2.33. The van der Waals surface area contributed by atoms with E-state index in [4.69, 9.17) is 23.2 Å². The molecular weight excluding hydrogens is 326 g/mol. The third-order valence-corrected chi connectivity index (χ3v) is 3.80. The van der Waals surface area contributed by atoms with Gasteiger partial charge in [0.15, 0.2) is 0 Å². The van der Waals surface area contributed by atoms with Gasteiger partial charge in [-0.15, -0.1) is 11.6 Å². The van der Waals surface area contributed by atoms with Crippen LogP contribution >= 0.6 is 39.1 Å². The lowest BCUT2D eigenvalue weighted by atomic mass is 10.0. The first-order valence-corrected chi connectivity index (χ1v) is 6.53. The molecule has 2 rings (SSSR count). The minimum absolute atomic E-state index is 0.317. The first kappa shape index (κ1) is 12.9. The second-order valence-electron chi connectivity index (χ2n) is 3.59. The molecule has 0 radical (unpaired) electrons. The largest absolute Gasteiger partial charge is 0.206 e. The summed E-state index contributed by atoms with van der Waals surface area (Å²) in [7, 11) is 0. The highest BCUT2D eigenvalue weighted by molar-refractivity contribution is 9.10. The van der Waals surface area contributed by atoms with Gasteiger partial charge in [-0.1, -0.05) is 29.8 Å². The molecule has 0 amide bonds. The SMILES string of the molecule is Fc1cc(C(Cl)c2ccc(Cl)cc2)ccc1Br. The Bertz CT molecular complexity index is 525. The standard InChI is InChI=1S/C13H8BrCl2F/c14-11-6-3-9(7-12(11)17)13(16)8-1-4-10(15)5-2-8/h1-7,13H. The lowest BCUT2D eigenvalue weighted by molar-refractivity contribution is 0.619. The summed E-state index contributed by atoms with van der Waals surface area (Å²) in [5, 5.41) is 0.273.